The first-order valence-electron chi connectivity index (χ1n) is 8.35. The van der Waals surface area contributed by atoms with E-state index in [1.807, 2.05) is 6.07 Å². The van der Waals surface area contributed by atoms with Crippen molar-refractivity contribution >= 4 is 0 Å². The van der Waals surface area contributed by atoms with Crippen molar-refractivity contribution in [2.24, 2.45) is 5.92 Å². The highest BCUT2D eigenvalue weighted by molar-refractivity contribution is 5.32. The maximum absolute atomic E-state index is 9.73. The highest BCUT2D eigenvalue weighted by atomic mass is 16.3. The highest BCUT2D eigenvalue weighted by Gasteiger charge is 2.40. The van der Waals surface area contributed by atoms with Crippen molar-refractivity contribution in [1.29, 1.82) is 1.43 Å². The van der Waals surface area contributed by atoms with Gasteiger partial charge in [0.2, 0.25) is 1.43 Å². The predicted octanol–water partition coefficient (Wildman–Crippen LogP) is 2.33. The van der Waals surface area contributed by atoms with E-state index in [0.29, 0.717) is 13.0 Å². The van der Waals surface area contributed by atoms with Gasteiger partial charge in [0.05, 0.1) is 5.60 Å². The molecule has 0 unspecified atom stereocenters. The van der Waals surface area contributed by atoms with E-state index >= 15 is 0 Å². The minimum Gasteiger partial charge on any atom is -0.508 e. The molecule has 2 atom stereocenters. The number of rotatable bonds is 4. The summed E-state index contributed by atoms with van der Waals surface area (Å²) >= 11 is 0. The molecule has 0 heterocycles. The zero-order valence-corrected chi connectivity index (χ0v) is 10.7. The monoisotopic (exact) mass is 253 g/mol. The van der Waals surface area contributed by atoms with Crippen molar-refractivity contribution < 1.29 is 14.3 Å². The fourth-order valence-electron chi connectivity index (χ4n) is 2.93. The van der Waals surface area contributed by atoms with Gasteiger partial charge in [-0.1, -0.05) is 25.0 Å². The molecule has 1 aromatic carbocycles. The third-order valence-electron chi connectivity index (χ3n) is 3.84. The van der Waals surface area contributed by atoms with Crippen LogP contribution in [0.1, 0.15) is 35.4 Å². The lowest BCUT2D eigenvalue weighted by atomic mass is 9.71. The van der Waals surface area contributed by atoms with Crippen molar-refractivity contribution in [3.63, 3.8) is 0 Å². The zero-order chi connectivity index (χ0) is 16.4. The van der Waals surface area contributed by atoms with Crippen LogP contribution in [0.15, 0.2) is 24.3 Å². The Morgan fingerprint density at radius 2 is 2.44 bits per heavy atom. The third-order valence-corrected chi connectivity index (χ3v) is 3.84. The number of benzene rings is 1. The molecule has 0 radical (unpaired) electrons. The summed E-state index contributed by atoms with van der Waals surface area (Å²) in [5, 5.41) is 14.9. The van der Waals surface area contributed by atoms with E-state index in [2.05, 4.69) is 0 Å². The summed E-state index contributed by atoms with van der Waals surface area (Å²) in [6.45, 7) is -1.84. The fraction of sp³-hybridized carbons (Fsp3) is 0.600. The van der Waals surface area contributed by atoms with Gasteiger partial charge in [-0.25, -0.2) is 0 Å². The predicted molar refractivity (Wildman–Crippen MR) is 72.5 cm³/mol. The van der Waals surface area contributed by atoms with E-state index in [0.717, 1.165) is 24.8 Å². The van der Waals surface area contributed by atoms with Gasteiger partial charge < -0.3 is 15.1 Å². The Morgan fingerprint density at radius 3 is 3.17 bits per heavy atom. The van der Waals surface area contributed by atoms with Crippen LogP contribution in [0, 0.1) is 5.92 Å². The molecular weight excluding hydrogens is 226 g/mol. The molecule has 2 N–H and O–H groups in total. The second-order valence-electron chi connectivity index (χ2n) is 5.26. The average molecular weight is 253 g/mol. The quantitative estimate of drug-likeness (QED) is 0.865. The van der Waals surface area contributed by atoms with Crippen LogP contribution in [-0.2, 0) is 5.60 Å². The molecule has 18 heavy (non-hydrogen) atoms. The average Bonchev–Trinajstić information content (AvgIpc) is 2.47. The standard InChI is InChI=1S/C15H23NO2/c1-16(2)11-13-6-3-4-9-15(13,18)12-7-5-8-14(17)10-12/h5,7-8,10,13,17-18H,3-4,6,9,11H2,1-2H3/t13-,15+/m0/s1/i1D3,18D. The summed E-state index contributed by atoms with van der Waals surface area (Å²) in [6.07, 6.45) is 3.36. The molecule has 0 amide bonds. The van der Waals surface area contributed by atoms with Gasteiger partial charge in [-0.2, -0.15) is 0 Å². The molecule has 100 valence electrons. The van der Waals surface area contributed by atoms with Crippen LogP contribution >= 0.6 is 0 Å². The Kier molecular flexibility index (Phi) is 2.63. The van der Waals surface area contributed by atoms with Gasteiger partial charge in [-0.3, -0.25) is 0 Å². The van der Waals surface area contributed by atoms with Crippen LogP contribution in [-0.4, -0.2) is 37.1 Å². The topological polar surface area (TPSA) is 43.7 Å². The van der Waals surface area contributed by atoms with Gasteiger partial charge in [0, 0.05) is 16.6 Å². The van der Waals surface area contributed by atoms with Gasteiger partial charge in [-0.15, -0.1) is 0 Å². The van der Waals surface area contributed by atoms with Crippen molar-refractivity contribution in [2.75, 3.05) is 20.6 Å². The van der Waals surface area contributed by atoms with Gasteiger partial charge in [0.1, 0.15) is 5.75 Å². The molecule has 1 aliphatic rings. The van der Waals surface area contributed by atoms with E-state index in [9.17, 15) is 5.11 Å². The molecule has 1 saturated carbocycles. The van der Waals surface area contributed by atoms with E-state index in [4.69, 9.17) is 10.7 Å². The molecule has 1 aromatic rings. The maximum atomic E-state index is 9.73. The lowest BCUT2D eigenvalue weighted by molar-refractivity contribution is -0.0619. The van der Waals surface area contributed by atoms with Crippen LogP contribution in [0.5, 0.6) is 5.75 Å². The van der Waals surface area contributed by atoms with Crippen LogP contribution in [0.25, 0.3) is 0 Å². The van der Waals surface area contributed by atoms with Gasteiger partial charge in [0.25, 0.3) is 0 Å². The van der Waals surface area contributed by atoms with Crippen molar-refractivity contribution in [2.45, 2.75) is 31.3 Å². The van der Waals surface area contributed by atoms with Crippen LogP contribution < -0.4 is 0 Å². The first kappa shape index (κ1) is 8.94. The molecule has 3 heteroatoms. The molecule has 0 aromatic heterocycles. The minimum absolute atomic E-state index is 0.106. The largest absolute Gasteiger partial charge is 0.508 e. The summed E-state index contributed by atoms with van der Waals surface area (Å²) in [7, 11) is 1.57. The van der Waals surface area contributed by atoms with E-state index in [1.165, 1.54) is 4.90 Å². The molecule has 1 fully saturated rings. The summed E-state index contributed by atoms with van der Waals surface area (Å²) < 4.78 is 30.2. The Balaban J connectivity index is 2.33. The normalized spacial score (nSPS) is 32.4. The highest BCUT2D eigenvalue weighted by Crippen LogP contribution is 2.42. The first-order chi connectivity index (χ1) is 10.3. The fourth-order valence-corrected chi connectivity index (χ4v) is 2.93. The number of aliphatic hydroxyl groups is 1. The summed E-state index contributed by atoms with van der Waals surface area (Å²) in [4.78, 5) is 1.33. The van der Waals surface area contributed by atoms with E-state index < -0.39 is 12.6 Å². The summed E-state index contributed by atoms with van der Waals surface area (Å²) in [5.74, 6) is 0.0217. The minimum atomic E-state index is -2.16. The lowest BCUT2D eigenvalue weighted by Gasteiger charge is -2.41. The SMILES string of the molecule is [2H]O[C@@]1(c2cccc(O)c2)CCCC[C@H]1CN(C)C([2H])([2H])[2H]. The number of phenols is 1. The van der Waals surface area contributed by atoms with Crippen molar-refractivity contribution in [1.82, 2.24) is 4.90 Å². The van der Waals surface area contributed by atoms with Gasteiger partial charge >= 0.3 is 0 Å². The molecule has 2 rings (SSSR count). The molecule has 0 saturated heterocycles. The molecule has 0 bridgehead atoms. The van der Waals surface area contributed by atoms with Crippen molar-refractivity contribution in [3.05, 3.63) is 29.8 Å². The Hall–Kier alpha value is -1.06. The second kappa shape index (κ2) is 5.29. The molecule has 3 nitrogen and oxygen atoms in total. The van der Waals surface area contributed by atoms with Gasteiger partial charge in [-0.05, 0) is 44.6 Å². The Bertz CT molecular complexity index is 509. The summed E-state index contributed by atoms with van der Waals surface area (Å²) in [6, 6.07) is 6.75. The number of nitrogens with zero attached hydrogens (tertiary/aromatic N) is 1. The van der Waals surface area contributed by atoms with E-state index in [1.54, 1.807) is 25.2 Å². The smallest absolute Gasteiger partial charge is 0.211 e. The Labute approximate surface area is 115 Å². The number of phenolic OH excluding ortho intramolecular Hbond substituents is 1. The summed E-state index contributed by atoms with van der Waals surface area (Å²) in [5.41, 5.74) is -0.123. The molecule has 0 spiro atoms. The molecular formula is C15H23NO2. The van der Waals surface area contributed by atoms with Crippen LogP contribution in [0.3, 0.4) is 0 Å². The van der Waals surface area contributed by atoms with Crippen molar-refractivity contribution in [3.8, 4) is 5.75 Å². The number of hydrogen-bond acceptors (Lipinski definition) is 3. The number of hydrogen-bond donors (Lipinski definition) is 2. The zero-order valence-electron chi connectivity index (χ0n) is 14.7. The third kappa shape index (κ3) is 2.68. The van der Waals surface area contributed by atoms with Crippen LogP contribution in [0.4, 0.5) is 0 Å². The first-order valence-corrected chi connectivity index (χ1v) is 6.44. The molecule has 1 aliphatic carbocycles. The Morgan fingerprint density at radius 1 is 1.56 bits per heavy atom. The van der Waals surface area contributed by atoms with Crippen LogP contribution in [0.2, 0.25) is 0 Å². The second-order valence-corrected chi connectivity index (χ2v) is 5.26. The molecule has 0 aliphatic heterocycles. The lowest BCUT2D eigenvalue weighted by Crippen LogP contribution is -2.43. The maximum Gasteiger partial charge on any atom is 0.211 e. The number of aromatic hydroxyl groups is 1. The van der Waals surface area contributed by atoms with Gasteiger partial charge in [0.15, 0.2) is 0 Å². The van der Waals surface area contributed by atoms with E-state index in [-0.39, 0.29) is 11.7 Å².